The molecule has 0 aromatic heterocycles. The summed E-state index contributed by atoms with van der Waals surface area (Å²) in [4.78, 5) is 12.9. The molecular weight excluding hydrogens is 449 g/mol. The Hall–Kier alpha value is -2.74. The van der Waals surface area contributed by atoms with Gasteiger partial charge in [0.1, 0.15) is 11.5 Å². The minimum absolute atomic E-state index is 0.0446. The van der Waals surface area contributed by atoms with Crippen molar-refractivity contribution in [3.05, 3.63) is 82.8 Å². The molecule has 9 heteroatoms. The second-order valence-electron chi connectivity index (χ2n) is 6.04. The molecule has 0 radical (unpaired) electrons. The quantitative estimate of drug-likeness (QED) is 0.500. The van der Waals surface area contributed by atoms with Crippen LogP contribution in [-0.4, -0.2) is 28.0 Å². The van der Waals surface area contributed by atoms with Crippen LogP contribution in [0.2, 0.25) is 10.0 Å². The van der Waals surface area contributed by atoms with Crippen LogP contribution >= 0.6 is 23.2 Å². The first kappa shape index (κ1) is 22.0. The van der Waals surface area contributed by atoms with E-state index in [9.17, 15) is 13.2 Å². The van der Waals surface area contributed by atoms with E-state index in [1.807, 2.05) is 0 Å². The molecule has 0 aliphatic rings. The Bertz CT molecular complexity index is 1140. The molecule has 0 aliphatic carbocycles. The van der Waals surface area contributed by atoms with Crippen LogP contribution in [0.3, 0.4) is 0 Å². The first-order chi connectivity index (χ1) is 14.3. The number of methoxy groups -OCH3 is 1. The van der Waals surface area contributed by atoms with Crippen molar-refractivity contribution >= 4 is 44.8 Å². The summed E-state index contributed by atoms with van der Waals surface area (Å²) in [6, 6.07) is 18.3. The molecule has 0 spiro atoms. The van der Waals surface area contributed by atoms with Crippen LogP contribution < -0.4 is 13.8 Å². The zero-order chi connectivity index (χ0) is 21.7. The number of carbonyl (C=O) groups is 1. The lowest BCUT2D eigenvalue weighted by Crippen LogP contribution is -2.40. The lowest BCUT2D eigenvalue weighted by molar-refractivity contribution is -0.119. The number of rotatable bonds is 7. The van der Waals surface area contributed by atoms with Crippen molar-refractivity contribution in [1.82, 2.24) is 0 Å². The van der Waals surface area contributed by atoms with E-state index in [4.69, 9.17) is 32.7 Å². The highest BCUT2D eigenvalue weighted by Crippen LogP contribution is 2.32. The minimum atomic E-state index is -4.22. The van der Waals surface area contributed by atoms with E-state index in [0.717, 1.165) is 0 Å². The highest BCUT2D eigenvalue weighted by molar-refractivity contribution is 7.93. The van der Waals surface area contributed by atoms with Gasteiger partial charge in [0.15, 0.2) is 6.61 Å². The summed E-state index contributed by atoms with van der Waals surface area (Å²) >= 11 is 12.0. The van der Waals surface area contributed by atoms with E-state index in [1.165, 1.54) is 37.4 Å². The topological polar surface area (TPSA) is 72.9 Å². The number of amides is 1. The average molecular weight is 466 g/mol. The zero-order valence-corrected chi connectivity index (χ0v) is 18.1. The van der Waals surface area contributed by atoms with E-state index in [0.29, 0.717) is 20.8 Å². The Labute approximate surface area is 184 Å². The van der Waals surface area contributed by atoms with Crippen molar-refractivity contribution in [2.45, 2.75) is 4.90 Å². The van der Waals surface area contributed by atoms with Crippen LogP contribution in [-0.2, 0) is 14.8 Å². The molecule has 6 nitrogen and oxygen atoms in total. The Kier molecular flexibility index (Phi) is 6.87. The molecule has 0 unspecified atom stereocenters. The SMILES string of the molecule is COc1ccc(N(C(=O)COc2ccc(Cl)cc2)S(=O)(=O)c2ccccc2)cc1Cl. The van der Waals surface area contributed by atoms with Crippen molar-refractivity contribution < 1.29 is 22.7 Å². The van der Waals surface area contributed by atoms with Crippen LogP contribution in [0.4, 0.5) is 5.69 Å². The number of benzene rings is 3. The maximum atomic E-state index is 13.3. The highest BCUT2D eigenvalue weighted by Gasteiger charge is 2.31. The maximum absolute atomic E-state index is 13.3. The first-order valence-corrected chi connectivity index (χ1v) is 10.9. The van der Waals surface area contributed by atoms with Crippen molar-refractivity contribution in [3.8, 4) is 11.5 Å². The summed E-state index contributed by atoms with van der Waals surface area (Å²) in [6.07, 6.45) is 0. The van der Waals surface area contributed by atoms with Gasteiger partial charge in [0.25, 0.3) is 15.9 Å². The molecule has 0 bridgehead atoms. The van der Waals surface area contributed by atoms with Crippen molar-refractivity contribution in [1.29, 1.82) is 0 Å². The molecule has 0 aliphatic heterocycles. The molecule has 0 atom stereocenters. The van der Waals surface area contributed by atoms with Gasteiger partial charge in [0.05, 0.1) is 22.7 Å². The van der Waals surface area contributed by atoms with Crippen molar-refractivity contribution in [2.24, 2.45) is 0 Å². The van der Waals surface area contributed by atoms with E-state index in [-0.39, 0.29) is 15.6 Å². The van der Waals surface area contributed by atoms with Gasteiger partial charge in [-0.15, -0.1) is 0 Å². The summed E-state index contributed by atoms with van der Waals surface area (Å²) in [7, 11) is -2.78. The number of carbonyl (C=O) groups excluding carboxylic acids is 1. The number of nitrogens with zero attached hydrogens (tertiary/aromatic N) is 1. The van der Waals surface area contributed by atoms with Gasteiger partial charge in [-0.2, -0.15) is 4.31 Å². The third-order valence-electron chi connectivity index (χ3n) is 4.05. The largest absolute Gasteiger partial charge is 0.495 e. The third-order valence-corrected chi connectivity index (χ3v) is 6.36. The second kappa shape index (κ2) is 9.38. The zero-order valence-electron chi connectivity index (χ0n) is 15.8. The van der Waals surface area contributed by atoms with Gasteiger partial charge < -0.3 is 9.47 Å². The predicted molar refractivity (Wildman–Crippen MR) is 116 cm³/mol. The first-order valence-electron chi connectivity index (χ1n) is 8.68. The molecule has 30 heavy (non-hydrogen) atoms. The van der Waals surface area contributed by atoms with Gasteiger partial charge in [0, 0.05) is 5.02 Å². The normalized spacial score (nSPS) is 11.0. The summed E-state index contributed by atoms with van der Waals surface area (Å²) in [5.74, 6) is -0.0741. The fourth-order valence-corrected chi connectivity index (χ4v) is 4.43. The highest BCUT2D eigenvalue weighted by atomic mass is 35.5. The van der Waals surface area contributed by atoms with Crippen molar-refractivity contribution in [3.63, 3.8) is 0 Å². The average Bonchev–Trinajstić information content (AvgIpc) is 2.74. The molecule has 0 fully saturated rings. The van der Waals surface area contributed by atoms with Gasteiger partial charge in [0.2, 0.25) is 0 Å². The third kappa shape index (κ3) is 4.87. The lowest BCUT2D eigenvalue weighted by atomic mass is 10.3. The van der Waals surface area contributed by atoms with Crippen LogP contribution in [0.1, 0.15) is 0 Å². The fraction of sp³-hybridized carbons (Fsp3) is 0.0952. The lowest BCUT2D eigenvalue weighted by Gasteiger charge is -2.23. The molecule has 156 valence electrons. The molecule has 0 N–H and O–H groups in total. The van der Waals surface area contributed by atoms with E-state index < -0.39 is 22.5 Å². The maximum Gasteiger partial charge on any atom is 0.278 e. The van der Waals surface area contributed by atoms with E-state index >= 15 is 0 Å². The van der Waals surface area contributed by atoms with E-state index in [1.54, 1.807) is 42.5 Å². The monoisotopic (exact) mass is 465 g/mol. The number of ether oxygens (including phenoxy) is 2. The van der Waals surface area contributed by atoms with Crippen LogP contribution in [0.5, 0.6) is 11.5 Å². The Morgan fingerprint density at radius 1 is 0.967 bits per heavy atom. The molecule has 3 aromatic rings. The predicted octanol–water partition coefficient (Wildman–Crippen LogP) is 4.80. The summed E-state index contributed by atoms with van der Waals surface area (Å²) < 4.78 is 37.7. The molecule has 0 saturated carbocycles. The second-order valence-corrected chi connectivity index (χ2v) is 8.67. The molecule has 3 aromatic carbocycles. The fourth-order valence-electron chi connectivity index (χ4n) is 2.63. The van der Waals surface area contributed by atoms with Gasteiger partial charge in [-0.05, 0) is 54.6 Å². The van der Waals surface area contributed by atoms with E-state index in [2.05, 4.69) is 0 Å². The molecule has 0 saturated heterocycles. The number of hydrogen-bond acceptors (Lipinski definition) is 5. The van der Waals surface area contributed by atoms with Gasteiger partial charge in [-0.3, -0.25) is 4.79 Å². The van der Waals surface area contributed by atoms with Gasteiger partial charge in [-0.1, -0.05) is 41.4 Å². The molecule has 0 heterocycles. The van der Waals surface area contributed by atoms with Gasteiger partial charge >= 0.3 is 0 Å². The molecule has 3 rings (SSSR count). The van der Waals surface area contributed by atoms with Gasteiger partial charge in [-0.25, -0.2) is 8.42 Å². The van der Waals surface area contributed by atoms with Crippen LogP contribution in [0, 0.1) is 0 Å². The van der Waals surface area contributed by atoms with Crippen LogP contribution in [0.15, 0.2) is 77.7 Å². The number of anilines is 1. The summed E-state index contributed by atoms with van der Waals surface area (Å²) in [6.45, 7) is -0.517. The Morgan fingerprint density at radius 3 is 2.23 bits per heavy atom. The molecular formula is C21H17Cl2NO5S. The summed E-state index contributed by atoms with van der Waals surface area (Å²) in [5.41, 5.74) is 0.0642. The standard InChI is InChI=1S/C21H17Cl2NO5S/c1-28-20-12-9-16(13-19(20)23)24(30(26,27)18-5-3-2-4-6-18)21(25)14-29-17-10-7-15(22)8-11-17/h2-13H,14H2,1H3. The van der Waals surface area contributed by atoms with Crippen LogP contribution in [0.25, 0.3) is 0 Å². The minimum Gasteiger partial charge on any atom is -0.495 e. The number of sulfonamides is 1. The summed E-state index contributed by atoms with van der Waals surface area (Å²) in [5, 5.41) is 0.671. The Morgan fingerprint density at radius 2 is 1.63 bits per heavy atom. The number of halogens is 2. The molecule has 1 amide bonds. The van der Waals surface area contributed by atoms with Crippen molar-refractivity contribution in [2.75, 3.05) is 18.0 Å². The number of hydrogen-bond donors (Lipinski definition) is 0. The smallest absolute Gasteiger partial charge is 0.278 e. The Balaban J connectivity index is 1.97.